The fourth-order valence-electron chi connectivity index (χ4n) is 2.42. The minimum absolute atomic E-state index is 0.212. The van der Waals surface area contributed by atoms with Crippen LogP contribution in [-0.2, 0) is 6.42 Å². The van der Waals surface area contributed by atoms with Crippen LogP contribution in [0.25, 0.3) is 0 Å². The van der Waals surface area contributed by atoms with Crippen LogP contribution in [0.2, 0.25) is 0 Å². The van der Waals surface area contributed by atoms with Gasteiger partial charge >= 0.3 is 0 Å². The van der Waals surface area contributed by atoms with Crippen LogP contribution in [-0.4, -0.2) is 6.04 Å². The molecule has 0 amide bonds. The molecule has 0 aromatic carbocycles. The van der Waals surface area contributed by atoms with Gasteiger partial charge in [0.1, 0.15) is 5.76 Å². The Balaban J connectivity index is 2.31. The van der Waals surface area contributed by atoms with E-state index in [4.69, 9.17) is 10.2 Å². The van der Waals surface area contributed by atoms with Crippen molar-refractivity contribution in [3.63, 3.8) is 0 Å². The lowest BCUT2D eigenvalue weighted by molar-refractivity contribution is 0.283. The van der Waals surface area contributed by atoms with E-state index in [-0.39, 0.29) is 6.04 Å². The maximum Gasteiger partial charge on any atom is 0.105 e. The molecule has 0 saturated carbocycles. The summed E-state index contributed by atoms with van der Waals surface area (Å²) in [5.74, 6) is 1.67. The molecule has 16 heavy (non-hydrogen) atoms. The zero-order valence-electron chi connectivity index (χ0n) is 11.0. The molecule has 2 unspecified atom stereocenters. The van der Waals surface area contributed by atoms with Gasteiger partial charge in [-0.3, -0.25) is 0 Å². The first-order valence-electron chi connectivity index (χ1n) is 6.15. The minimum atomic E-state index is 0.212. The predicted molar refractivity (Wildman–Crippen MR) is 68.2 cm³/mol. The third kappa shape index (κ3) is 5.36. The topological polar surface area (TPSA) is 39.2 Å². The number of furan rings is 1. The first kappa shape index (κ1) is 13.3. The van der Waals surface area contributed by atoms with Crippen LogP contribution in [0.3, 0.4) is 0 Å². The summed E-state index contributed by atoms with van der Waals surface area (Å²) in [7, 11) is 0. The van der Waals surface area contributed by atoms with Crippen molar-refractivity contribution < 1.29 is 4.42 Å². The van der Waals surface area contributed by atoms with Gasteiger partial charge in [-0.05, 0) is 36.3 Å². The molecule has 0 saturated heterocycles. The van der Waals surface area contributed by atoms with Gasteiger partial charge in [-0.25, -0.2) is 0 Å². The Morgan fingerprint density at radius 1 is 1.38 bits per heavy atom. The standard InChI is InChI=1S/C14H25NO/c1-11(10-14(2,3)4)8-12(15)9-13-6-5-7-16-13/h5-7,11-12H,8-10,15H2,1-4H3. The van der Waals surface area contributed by atoms with Crippen molar-refractivity contribution in [1.82, 2.24) is 0 Å². The van der Waals surface area contributed by atoms with Crippen molar-refractivity contribution in [2.75, 3.05) is 0 Å². The first-order valence-corrected chi connectivity index (χ1v) is 6.15. The molecule has 2 N–H and O–H groups in total. The van der Waals surface area contributed by atoms with Crippen molar-refractivity contribution >= 4 is 0 Å². The molecule has 1 aromatic heterocycles. The molecule has 2 nitrogen and oxygen atoms in total. The third-order valence-corrected chi connectivity index (χ3v) is 2.71. The second-order valence-corrected chi connectivity index (χ2v) is 6.15. The Labute approximate surface area is 99.2 Å². The molecule has 0 bridgehead atoms. The van der Waals surface area contributed by atoms with E-state index in [9.17, 15) is 0 Å². The van der Waals surface area contributed by atoms with Crippen LogP contribution in [0.1, 0.15) is 46.3 Å². The van der Waals surface area contributed by atoms with Gasteiger partial charge in [0.2, 0.25) is 0 Å². The zero-order valence-corrected chi connectivity index (χ0v) is 11.0. The van der Waals surface area contributed by atoms with Gasteiger partial charge in [0.15, 0.2) is 0 Å². The number of rotatable bonds is 5. The van der Waals surface area contributed by atoms with Gasteiger partial charge < -0.3 is 10.2 Å². The summed E-state index contributed by atoms with van der Waals surface area (Å²) < 4.78 is 5.31. The van der Waals surface area contributed by atoms with E-state index < -0.39 is 0 Å². The summed E-state index contributed by atoms with van der Waals surface area (Å²) in [6.45, 7) is 9.12. The molecule has 0 aliphatic heterocycles. The normalized spacial score (nSPS) is 16.1. The van der Waals surface area contributed by atoms with Crippen LogP contribution in [0.15, 0.2) is 22.8 Å². The van der Waals surface area contributed by atoms with E-state index in [1.807, 2.05) is 12.1 Å². The van der Waals surface area contributed by atoms with Crippen molar-refractivity contribution in [2.45, 2.75) is 53.0 Å². The van der Waals surface area contributed by atoms with Gasteiger partial charge in [0.25, 0.3) is 0 Å². The lowest BCUT2D eigenvalue weighted by atomic mass is 9.82. The maximum atomic E-state index is 6.12. The van der Waals surface area contributed by atoms with Crippen LogP contribution in [0, 0.1) is 11.3 Å². The highest BCUT2D eigenvalue weighted by Crippen LogP contribution is 2.26. The molecule has 0 radical (unpaired) electrons. The number of hydrogen-bond donors (Lipinski definition) is 1. The molecule has 0 spiro atoms. The van der Waals surface area contributed by atoms with Crippen LogP contribution in [0.4, 0.5) is 0 Å². The smallest absolute Gasteiger partial charge is 0.105 e. The fraction of sp³-hybridized carbons (Fsp3) is 0.714. The highest BCUT2D eigenvalue weighted by atomic mass is 16.3. The van der Waals surface area contributed by atoms with Gasteiger partial charge in [-0.15, -0.1) is 0 Å². The molecule has 2 atom stereocenters. The van der Waals surface area contributed by atoms with Crippen LogP contribution < -0.4 is 5.73 Å². The van der Waals surface area contributed by atoms with E-state index in [2.05, 4.69) is 27.7 Å². The summed E-state index contributed by atoms with van der Waals surface area (Å²) in [4.78, 5) is 0. The highest BCUT2D eigenvalue weighted by molar-refractivity contribution is 5.00. The lowest BCUT2D eigenvalue weighted by Crippen LogP contribution is -2.26. The third-order valence-electron chi connectivity index (χ3n) is 2.71. The molecule has 0 aliphatic carbocycles. The van der Waals surface area contributed by atoms with Gasteiger partial charge in [0, 0.05) is 12.5 Å². The van der Waals surface area contributed by atoms with E-state index in [1.54, 1.807) is 6.26 Å². The molecule has 92 valence electrons. The lowest BCUT2D eigenvalue weighted by Gasteiger charge is -2.25. The Kier molecular flexibility index (Phi) is 4.60. The maximum absolute atomic E-state index is 6.12. The first-order chi connectivity index (χ1) is 7.37. The summed E-state index contributed by atoms with van der Waals surface area (Å²) in [5, 5.41) is 0. The van der Waals surface area contributed by atoms with Crippen molar-refractivity contribution in [2.24, 2.45) is 17.1 Å². The van der Waals surface area contributed by atoms with Crippen LogP contribution >= 0.6 is 0 Å². The average Bonchev–Trinajstić information content (AvgIpc) is 2.51. The molecule has 1 heterocycles. The van der Waals surface area contributed by atoms with Crippen molar-refractivity contribution in [3.8, 4) is 0 Å². The second-order valence-electron chi connectivity index (χ2n) is 6.15. The Morgan fingerprint density at radius 3 is 2.56 bits per heavy atom. The molecular formula is C14H25NO. The monoisotopic (exact) mass is 223 g/mol. The zero-order chi connectivity index (χ0) is 12.2. The van der Waals surface area contributed by atoms with E-state index in [0.717, 1.165) is 18.6 Å². The molecule has 0 fully saturated rings. The van der Waals surface area contributed by atoms with E-state index >= 15 is 0 Å². The van der Waals surface area contributed by atoms with Crippen molar-refractivity contribution in [1.29, 1.82) is 0 Å². The average molecular weight is 223 g/mol. The Bertz CT molecular complexity index is 284. The fourth-order valence-corrected chi connectivity index (χ4v) is 2.42. The summed E-state index contributed by atoms with van der Waals surface area (Å²) >= 11 is 0. The second kappa shape index (κ2) is 5.53. The SMILES string of the molecule is CC(CC(N)Cc1ccco1)CC(C)(C)C. The predicted octanol–water partition coefficient (Wildman–Crippen LogP) is 3.61. The Morgan fingerprint density at radius 2 is 2.06 bits per heavy atom. The minimum Gasteiger partial charge on any atom is -0.469 e. The van der Waals surface area contributed by atoms with Crippen LogP contribution in [0.5, 0.6) is 0 Å². The number of hydrogen-bond acceptors (Lipinski definition) is 2. The van der Waals surface area contributed by atoms with E-state index in [1.165, 1.54) is 6.42 Å². The quantitative estimate of drug-likeness (QED) is 0.828. The van der Waals surface area contributed by atoms with Gasteiger partial charge in [-0.1, -0.05) is 27.7 Å². The molecule has 1 aromatic rings. The summed E-state index contributed by atoms with van der Waals surface area (Å²) in [6.07, 6.45) is 4.85. The highest BCUT2D eigenvalue weighted by Gasteiger charge is 2.18. The summed E-state index contributed by atoms with van der Waals surface area (Å²) in [5.41, 5.74) is 6.52. The Hall–Kier alpha value is -0.760. The number of nitrogens with two attached hydrogens (primary N) is 1. The molecule has 0 aliphatic rings. The molecular weight excluding hydrogens is 198 g/mol. The summed E-state index contributed by atoms with van der Waals surface area (Å²) in [6, 6.07) is 4.12. The molecule has 1 rings (SSSR count). The van der Waals surface area contributed by atoms with Crippen molar-refractivity contribution in [3.05, 3.63) is 24.2 Å². The van der Waals surface area contributed by atoms with E-state index in [0.29, 0.717) is 11.3 Å². The largest absolute Gasteiger partial charge is 0.469 e. The van der Waals surface area contributed by atoms with Gasteiger partial charge in [-0.2, -0.15) is 0 Å². The molecule has 2 heteroatoms. The van der Waals surface area contributed by atoms with Gasteiger partial charge in [0.05, 0.1) is 6.26 Å².